The zero-order valence-corrected chi connectivity index (χ0v) is 46.0. The van der Waals surface area contributed by atoms with E-state index in [1.807, 2.05) is 0 Å². The molecule has 0 radical (unpaired) electrons. The molecule has 6 heterocycles. The quantitative estimate of drug-likeness (QED) is 0.0923. The van der Waals surface area contributed by atoms with Gasteiger partial charge in [0.05, 0.1) is 18.7 Å². The van der Waals surface area contributed by atoms with E-state index in [-0.39, 0.29) is 28.3 Å². The average molecular weight is 1080 g/mol. The fourth-order valence-corrected chi connectivity index (χ4v) is 10.9. The third kappa shape index (κ3) is 16.5. The van der Waals surface area contributed by atoms with Crippen LogP contribution in [0.15, 0.2) is 60.9 Å². The second-order valence-corrected chi connectivity index (χ2v) is 24.5. The van der Waals surface area contributed by atoms with Gasteiger partial charge in [-0.15, -0.1) is 5.10 Å². The van der Waals surface area contributed by atoms with Gasteiger partial charge in [-0.05, 0) is 139 Å². The number of piperidine rings is 4. The van der Waals surface area contributed by atoms with Crippen molar-refractivity contribution in [3.63, 3.8) is 0 Å². The third-order valence-corrected chi connectivity index (χ3v) is 16.2. The molecule has 0 unspecified atom stereocenters. The van der Waals surface area contributed by atoms with Gasteiger partial charge in [-0.2, -0.15) is 9.78 Å². The van der Waals surface area contributed by atoms with Crippen molar-refractivity contribution in [1.29, 1.82) is 0 Å². The number of hydrogen-bond donors (Lipinski definition) is 3. The summed E-state index contributed by atoms with van der Waals surface area (Å²) in [5, 5.41) is 9.72. The Labute approximate surface area is 435 Å². The van der Waals surface area contributed by atoms with Gasteiger partial charge in [0.25, 0.3) is 0 Å². The first-order valence-electron chi connectivity index (χ1n) is 24.9. The number of halogens is 3. The molecule has 18 nitrogen and oxygen atoms in total. The molecule has 0 spiro atoms. The van der Waals surface area contributed by atoms with Gasteiger partial charge in [0.2, 0.25) is 20.0 Å². The number of carbonyl (C=O) groups excluding carboxylic acids is 2. The number of rotatable bonds is 12. The lowest BCUT2D eigenvalue weighted by Gasteiger charge is -2.45. The number of benzene rings is 2. The summed E-state index contributed by atoms with van der Waals surface area (Å²) in [6.45, 7) is 16.1. The number of nitrogens with one attached hydrogen (secondary N) is 3. The summed E-state index contributed by atoms with van der Waals surface area (Å²) in [5.41, 5.74) is 7.38. The van der Waals surface area contributed by atoms with Crippen LogP contribution in [0.25, 0.3) is 0 Å². The van der Waals surface area contributed by atoms with Crippen LogP contribution in [0.2, 0.25) is 0 Å². The Bertz CT molecular complexity index is 2680. The Morgan fingerprint density at radius 3 is 1.53 bits per heavy atom. The summed E-state index contributed by atoms with van der Waals surface area (Å²) in [4.78, 5) is 37.1. The topological polar surface area (TPSA) is 192 Å². The fourth-order valence-electron chi connectivity index (χ4n) is 9.73. The van der Waals surface area contributed by atoms with Gasteiger partial charge in [-0.25, -0.2) is 30.4 Å². The number of aryl methyl sites for hydroxylation is 2. The summed E-state index contributed by atoms with van der Waals surface area (Å²) in [6.07, 6.45) is 9.61. The van der Waals surface area contributed by atoms with E-state index in [2.05, 4.69) is 123 Å². The highest BCUT2D eigenvalue weighted by Crippen LogP contribution is 2.34. The molecule has 4 aliphatic rings. The van der Waals surface area contributed by atoms with Crippen LogP contribution in [0.3, 0.4) is 0 Å². The molecular formula is C50H75ClF2N12O6S2. The summed E-state index contributed by atoms with van der Waals surface area (Å²) >= 11 is 5.62. The average Bonchev–Trinajstić information content (AvgIpc) is 4.02. The molecule has 4 fully saturated rings. The van der Waals surface area contributed by atoms with E-state index >= 15 is 0 Å². The molecular weight excluding hydrogens is 1000 g/mol. The second kappa shape index (κ2) is 24.5. The van der Waals surface area contributed by atoms with Crippen molar-refractivity contribution in [2.24, 2.45) is 0 Å². The van der Waals surface area contributed by atoms with Crippen molar-refractivity contribution in [2.75, 3.05) is 98.2 Å². The Hall–Kier alpha value is -5.03. The van der Waals surface area contributed by atoms with E-state index < -0.39 is 32.4 Å². The Balaban J connectivity index is 0.000000205. The third-order valence-electron chi connectivity index (χ3n) is 14.8. The molecule has 4 saturated heterocycles. The molecule has 4 aromatic rings. The van der Waals surface area contributed by atoms with Crippen LogP contribution in [0.5, 0.6) is 0 Å². The molecule has 2 aromatic heterocycles. The molecule has 2 aromatic carbocycles. The molecule has 0 atom stereocenters. The number of amides is 2. The summed E-state index contributed by atoms with van der Waals surface area (Å²) in [7, 11) is -2.34. The van der Waals surface area contributed by atoms with Crippen molar-refractivity contribution in [3.8, 4) is 0 Å². The maximum Gasteiger partial charge on any atom is 0.344 e. The van der Waals surface area contributed by atoms with Gasteiger partial charge in [0.15, 0.2) is 5.82 Å². The SMILES string of the molecule is CS(=O)(=O)Nc1ccn[nH]1.Cc1ccc(CN(C)C2(C)CCN(C(=O)Cl)CC2)cc1N1CCC(F)CC1.Cc1ccc(CN(C)C2(C)CCN(C(=O)n3ccc(NS(C)(=O)=O)n3)CC2)cc1N1CCC(F)CC1. The molecule has 3 N–H and O–H groups in total. The maximum absolute atomic E-state index is 13.6. The monoisotopic (exact) mass is 1080 g/mol. The number of aromatic nitrogens is 4. The number of H-pyrrole nitrogens is 1. The lowest BCUT2D eigenvalue weighted by molar-refractivity contribution is 0.0585. The Morgan fingerprint density at radius 2 is 1.14 bits per heavy atom. The molecule has 4 aliphatic heterocycles. The van der Waals surface area contributed by atoms with Gasteiger partial charge >= 0.3 is 11.4 Å². The predicted molar refractivity (Wildman–Crippen MR) is 286 cm³/mol. The van der Waals surface area contributed by atoms with Gasteiger partial charge in [-0.1, -0.05) is 24.3 Å². The summed E-state index contributed by atoms with van der Waals surface area (Å²) < 4.78 is 76.7. The van der Waals surface area contributed by atoms with Gasteiger partial charge in [0, 0.05) is 106 Å². The zero-order chi connectivity index (χ0) is 53.3. The first-order valence-corrected chi connectivity index (χ1v) is 29.1. The summed E-state index contributed by atoms with van der Waals surface area (Å²) in [6, 6.07) is 15.9. The number of sulfonamides is 2. The highest BCUT2D eigenvalue weighted by molar-refractivity contribution is 7.92. The molecule has 404 valence electrons. The standard InChI is InChI=1S/C25H37FN6O3S.C21H31ClFN3O.C4H7N3O2S/c1-19-5-6-20(17-22(19)30-12-7-21(26)8-13-30)18-29(3)25(2)10-15-31(16-11-25)24(33)32-14-9-23(27-32)28-36(4,34)35;1-16-4-5-17(14-19(16)25-10-6-18(23)7-11-25)15-24(3)21(2)8-12-26(13-9-21)20(22)27;1-10(8,9)7-4-2-3-5-6-4/h5-6,9,14,17,21H,7-8,10-13,15-16,18H2,1-4H3,(H,27,28);4-5,14,18H,6-13,15H2,1-3H3;2-3H,1H3,(H2,5,6,7). The first-order chi connectivity index (χ1) is 34.3. The molecule has 2 amide bonds. The van der Waals surface area contributed by atoms with Crippen LogP contribution in [0.1, 0.15) is 87.5 Å². The van der Waals surface area contributed by atoms with E-state index in [1.165, 1.54) is 62.8 Å². The number of aromatic amines is 1. The van der Waals surface area contributed by atoms with Crippen molar-refractivity contribution in [1.82, 2.24) is 39.6 Å². The van der Waals surface area contributed by atoms with Crippen LogP contribution in [0, 0.1) is 13.8 Å². The number of carbonyl (C=O) groups is 2. The minimum Gasteiger partial charge on any atom is -0.371 e. The van der Waals surface area contributed by atoms with E-state index in [9.17, 15) is 35.2 Å². The lowest BCUT2D eigenvalue weighted by atomic mass is 9.87. The number of alkyl halides is 2. The number of anilines is 4. The smallest absolute Gasteiger partial charge is 0.344 e. The van der Waals surface area contributed by atoms with Gasteiger partial charge < -0.3 is 19.6 Å². The highest BCUT2D eigenvalue weighted by atomic mass is 35.5. The minimum absolute atomic E-state index is 0.0560. The van der Waals surface area contributed by atoms with Crippen molar-refractivity contribution < 1.29 is 35.2 Å². The van der Waals surface area contributed by atoms with Crippen molar-refractivity contribution >= 4 is 66.1 Å². The number of hydrogen-bond acceptors (Lipinski definition) is 12. The maximum atomic E-state index is 13.6. The van der Waals surface area contributed by atoms with E-state index in [0.29, 0.717) is 57.7 Å². The Kier molecular flexibility index (Phi) is 19.2. The molecule has 0 aliphatic carbocycles. The van der Waals surface area contributed by atoms with E-state index in [0.717, 1.165) is 77.5 Å². The summed E-state index contributed by atoms with van der Waals surface area (Å²) in [5.74, 6) is 0.501. The van der Waals surface area contributed by atoms with Crippen LogP contribution in [0.4, 0.5) is 41.4 Å². The first kappa shape index (κ1) is 57.3. The van der Waals surface area contributed by atoms with Crippen LogP contribution in [-0.4, -0.2) is 170 Å². The molecule has 0 saturated carbocycles. The van der Waals surface area contributed by atoms with Crippen molar-refractivity contribution in [3.05, 3.63) is 83.2 Å². The molecule has 23 heteroatoms. The highest BCUT2D eigenvalue weighted by Gasteiger charge is 2.37. The zero-order valence-electron chi connectivity index (χ0n) is 43.6. The number of likely N-dealkylation sites (tertiary alicyclic amines) is 2. The predicted octanol–water partition coefficient (Wildman–Crippen LogP) is 7.82. The fraction of sp³-hybridized carbons (Fsp3) is 0.600. The lowest BCUT2D eigenvalue weighted by Crippen LogP contribution is -2.53. The number of nitrogens with zero attached hydrogens (tertiary/aromatic N) is 9. The van der Waals surface area contributed by atoms with Crippen LogP contribution in [-0.2, 0) is 33.1 Å². The van der Waals surface area contributed by atoms with Crippen molar-refractivity contribution in [2.45, 2.75) is 116 Å². The second-order valence-electron chi connectivity index (χ2n) is 20.6. The van der Waals surface area contributed by atoms with Gasteiger partial charge in [-0.3, -0.25) is 29.1 Å². The normalized spacial score (nSPS) is 18.7. The van der Waals surface area contributed by atoms with Gasteiger partial charge in [0.1, 0.15) is 18.2 Å². The van der Waals surface area contributed by atoms with E-state index in [4.69, 9.17) is 11.6 Å². The van der Waals surface area contributed by atoms with Crippen LogP contribution >= 0.6 is 11.6 Å². The largest absolute Gasteiger partial charge is 0.371 e. The van der Waals surface area contributed by atoms with E-state index in [1.54, 1.807) is 9.80 Å². The Morgan fingerprint density at radius 1 is 0.699 bits per heavy atom. The minimum atomic E-state index is -3.45. The molecule has 8 rings (SSSR count). The molecule has 0 bridgehead atoms. The van der Waals surface area contributed by atoms with Crippen LogP contribution < -0.4 is 19.2 Å². The molecule has 73 heavy (non-hydrogen) atoms.